The van der Waals surface area contributed by atoms with Crippen LogP contribution < -0.4 is 14.4 Å². The van der Waals surface area contributed by atoms with Gasteiger partial charge >= 0.3 is 0 Å². The molecule has 2 amide bonds. The van der Waals surface area contributed by atoms with Crippen molar-refractivity contribution in [2.45, 2.75) is 45.2 Å². The zero-order valence-corrected chi connectivity index (χ0v) is 26.9. The van der Waals surface area contributed by atoms with E-state index in [1.165, 1.54) is 24.1 Å². The summed E-state index contributed by atoms with van der Waals surface area (Å²) in [7, 11) is -2.72. The Morgan fingerprint density at radius 2 is 1.63 bits per heavy atom. The molecule has 1 N–H and O–H groups in total. The van der Waals surface area contributed by atoms with Crippen molar-refractivity contribution < 1.29 is 22.7 Å². The fourth-order valence-corrected chi connectivity index (χ4v) is 6.26. The summed E-state index contributed by atoms with van der Waals surface area (Å²) < 4.78 is 34.8. The van der Waals surface area contributed by atoms with Crippen molar-refractivity contribution in [2.24, 2.45) is 5.92 Å². The number of nitrogens with zero attached hydrogens (tertiary/aromatic N) is 2. The summed E-state index contributed by atoms with van der Waals surface area (Å²) in [6.07, 6.45) is 0. The second-order valence-electron chi connectivity index (χ2n) is 10.1. The lowest BCUT2D eigenvalue weighted by Gasteiger charge is -2.32. The number of methoxy groups -OCH3 is 1. The van der Waals surface area contributed by atoms with Crippen molar-refractivity contribution in [3.05, 3.63) is 87.4 Å². The predicted molar refractivity (Wildman–Crippen MR) is 166 cm³/mol. The lowest BCUT2D eigenvalue weighted by molar-refractivity contribution is -0.139. The molecule has 8 nitrogen and oxygen atoms in total. The summed E-state index contributed by atoms with van der Waals surface area (Å²) >= 11 is 9.41. The molecule has 0 aliphatic carbocycles. The Balaban J connectivity index is 2.03. The second-order valence-corrected chi connectivity index (χ2v) is 13.3. The molecular weight excluding hydrogens is 630 g/mol. The second kappa shape index (κ2) is 14.2. The number of carbonyl (C=O) groups excluding carboxylic acids is 2. The third kappa shape index (κ3) is 8.47. The number of sulfonamides is 1. The van der Waals surface area contributed by atoms with Crippen molar-refractivity contribution in [1.82, 2.24) is 10.2 Å². The highest BCUT2D eigenvalue weighted by Crippen LogP contribution is 2.31. The molecule has 0 aromatic heterocycles. The minimum Gasteiger partial charge on any atom is -0.496 e. The number of amides is 2. The fourth-order valence-electron chi connectivity index (χ4n) is 4.00. The summed E-state index contributed by atoms with van der Waals surface area (Å²) in [5, 5.41) is 3.41. The first kappa shape index (κ1) is 32.4. The Kier molecular flexibility index (Phi) is 11.2. The van der Waals surface area contributed by atoms with Crippen LogP contribution in [0, 0.1) is 12.8 Å². The van der Waals surface area contributed by atoms with Crippen LogP contribution in [-0.4, -0.2) is 51.4 Å². The molecule has 3 aromatic carbocycles. The van der Waals surface area contributed by atoms with Crippen LogP contribution in [0.2, 0.25) is 5.02 Å². The standard InChI is InChI=1S/C30H35BrClN3O5S/c1-20(2)17-33-30(37)22(4)34(18-23-8-10-24(32)11-9-23)29(36)19-35(25-12-6-21(3)7-13-25)41(38,39)26-14-15-28(40-5)27(31)16-26/h6-16,20,22H,17-19H2,1-5H3,(H,33,37)/t22-/m0/s1. The third-order valence-corrected chi connectivity index (χ3v) is 9.07. The fraction of sp³-hybridized carbons (Fsp3) is 0.333. The van der Waals surface area contributed by atoms with E-state index in [4.69, 9.17) is 16.3 Å². The largest absolute Gasteiger partial charge is 0.496 e. The lowest BCUT2D eigenvalue weighted by Crippen LogP contribution is -2.51. The number of nitrogens with one attached hydrogen (secondary N) is 1. The molecule has 11 heteroatoms. The van der Waals surface area contributed by atoms with Crippen LogP contribution in [0.15, 0.2) is 76.1 Å². The van der Waals surface area contributed by atoms with Crippen LogP contribution in [0.5, 0.6) is 5.75 Å². The number of hydrogen-bond donors (Lipinski definition) is 1. The quantitative estimate of drug-likeness (QED) is 0.264. The van der Waals surface area contributed by atoms with Gasteiger partial charge in [0.25, 0.3) is 10.0 Å². The van der Waals surface area contributed by atoms with Gasteiger partial charge < -0.3 is 15.0 Å². The van der Waals surface area contributed by atoms with Crippen LogP contribution in [0.1, 0.15) is 31.9 Å². The van der Waals surface area contributed by atoms with Crippen LogP contribution in [0.25, 0.3) is 0 Å². The highest BCUT2D eigenvalue weighted by molar-refractivity contribution is 9.10. The Morgan fingerprint density at radius 3 is 2.20 bits per heavy atom. The molecule has 0 fully saturated rings. The summed E-state index contributed by atoms with van der Waals surface area (Å²) in [5.41, 5.74) is 2.00. The Bertz CT molecular complexity index is 1460. The summed E-state index contributed by atoms with van der Waals surface area (Å²) in [5.74, 6) is -0.177. The highest BCUT2D eigenvalue weighted by atomic mass is 79.9. The number of hydrogen-bond acceptors (Lipinski definition) is 5. The van der Waals surface area contributed by atoms with Crippen LogP contribution >= 0.6 is 27.5 Å². The summed E-state index contributed by atoms with van der Waals surface area (Å²) in [4.78, 5) is 28.4. The zero-order valence-electron chi connectivity index (χ0n) is 23.7. The van der Waals surface area contributed by atoms with E-state index < -0.39 is 28.5 Å². The molecular formula is C30H35BrClN3O5S. The van der Waals surface area contributed by atoms with E-state index in [1.54, 1.807) is 61.5 Å². The zero-order chi connectivity index (χ0) is 30.3. The van der Waals surface area contributed by atoms with E-state index in [0.717, 1.165) is 15.4 Å². The van der Waals surface area contributed by atoms with Gasteiger partial charge in [-0.15, -0.1) is 0 Å². The molecule has 41 heavy (non-hydrogen) atoms. The topological polar surface area (TPSA) is 96.0 Å². The van der Waals surface area contributed by atoms with Crippen molar-refractivity contribution in [3.8, 4) is 5.75 Å². The molecule has 220 valence electrons. The van der Waals surface area contributed by atoms with Gasteiger partial charge in [-0.05, 0) is 83.7 Å². The third-order valence-electron chi connectivity index (χ3n) is 6.43. The summed E-state index contributed by atoms with van der Waals surface area (Å²) in [6, 6.07) is 17.3. The monoisotopic (exact) mass is 663 g/mol. The number of benzene rings is 3. The van der Waals surface area contributed by atoms with E-state index in [-0.39, 0.29) is 23.3 Å². The van der Waals surface area contributed by atoms with Crippen molar-refractivity contribution in [3.63, 3.8) is 0 Å². The SMILES string of the molecule is COc1ccc(S(=O)(=O)N(CC(=O)N(Cc2ccc(Cl)cc2)[C@@H](C)C(=O)NCC(C)C)c2ccc(C)cc2)cc1Br. The van der Waals surface area contributed by atoms with Crippen molar-refractivity contribution in [1.29, 1.82) is 0 Å². The van der Waals surface area contributed by atoms with E-state index in [9.17, 15) is 18.0 Å². The van der Waals surface area contributed by atoms with Gasteiger partial charge in [-0.3, -0.25) is 13.9 Å². The molecule has 0 aliphatic heterocycles. The highest BCUT2D eigenvalue weighted by Gasteiger charge is 2.33. The van der Waals surface area contributed by atoms with Gasteiger partial charge in [0.05, 0.1) is 22.2 Å². The van der Waals surface area contributed by atoms with E-state index in [0.29, 0.717) is 27.5 Å². The molecule has 0 unspecified atom stereocenters. The summed E-state index contributed by atoms with van der Waals surface area (Å²) in [6.45, 7) is 7.48. The number of anilines is 1. The molecule has 1 atom stereocenters. The molecule has 0 aliphatic rings. The van der Waals surface area contributed by atoms with Crippen molar-refractivity contribution in [2.75, 3.05) is 24.5 Å². The first-order valence-electron chi connectivity index (χ1n) is 13.1. The molecule has 0 heterocycles. The molecule has 3 rings (SSSR count). The molecule has 0 spiro atoms. The van der Waals surface area contributed by atoms with Gasteiger partial charge in [0, 0.05) is 18.1 Å². The first-order chi connectivity index (χ1) is 19.3. The average Bonchev–Trinajstić information content (AvgIpc) is 2.94. The first-order valence-corrected chi connectivity index (χ1v) is 15.7. The van der Waals surface area contributed by atoms with Crippen LogP contribution in [-0.2, 0) is 26.2 Å². The molecule has 3 aromatic rings. The minimum absolute atomic E-state index is 0.0227. The molecule has 0 saturated heterocycles. The molecule has 0 bridgehead atoms. The number of rotatable bonds is 12. The maximum Gasteiger partial charge on any atom is 0.264 e. The normalized spacial score (nSPS) is 12.1. The van der Waals surface area contributed by atoms with E-state index in [2.05, 4.69) is 21.2 Å². The maximum absolute atomic E-state index is 14.0. The van der Waals surface area contributed by atoms with Gasteiger partial charge in [0.15, 0.2) is 0 Å². The maximum atomic E-state index is 14.0. The minimum atomic E-state index is -4.21. The van der Waals surface area contributed by atoms with Crippen molar-refractivity contribution >= 4 is 55.1 Å². The van der Waals surface area contributed by atoms with Gasteiger partial charge in [-0.25, -0.2) is 8.42 Å². The van der Waals surface area contributed by atoms with Gasteiger partial charge in [-0.1, -0.05) is 55.3 Å². The van der Waals surface area contributed by atoms with E-state index in [1.807, 2.05) is 20.8 Å². The van der Waals surface area contributed by atoms with Gasteiger partial charge in [-0.2, -0.15) is 0 Å². The predicted octanol–water partition coefficient (Wildman–Crippen LogP) is 5.80. The number of ether oxygens (including phenoxy) is 1. The van der Waals surface area contributed by atoms with E-state index >= 15 is 0 Å². The smallest absolute Gasteiger partial charge is 0.264 e. The Hall–Kier alpha value is -3.08. The molecule has 0 saturated carbocycles. The Labute approximate surface area is 255 Å². The van der Waals surface area contributed by atoms with Gasteiger partial charge in [0.1, 0.15) is 18.3 Å². The Morgan fingerprint density at radius 1 is 1.00 bits per heavy atom. The average molecular weight is 665 g/mol. The lowest BCUT2D eigenvalue weighted by atomic mass is 10.1. The van der Waals surface area contributed by atoms with Gasteiger partial charge in [0.2, 0.25) is 11.8 Å². The number of carbonyl (C=O) groups is 2. The number of aryl methyl sites for hydroxylation is 1. The van der Waals surface area contributed by atoms with Crippen LogP contribution in [0.4, 0.5) is 5.69 Å². The number of halogens is 2. The molecule has 0 radical (unpaired) electrons. The van der Waals surface area contributed by atoms with Crippen LogP contribution in [0.3, 0.4) is 0 Å².